The molecule has 0 aliphatic rings. The Morgan fingerprint density at radius 1 is 1.25 bits per heavy atom. The van der Waals surface area contributed by atoms with Gasteiger partial charge in [-0.3, -0.25) is 4.79 Å². The van der Waals surface area contributed by atoms with Crippen LogP contribution in [-0.2, 0) is 4.79 Å². The van der Waals surface area contributed by atoms with E-state index in [1.54, 1.807) is 18.2 Å². The quantitative estimate of drug-likeness (QED) is 0.254. The molecule has 0 aliphatic heterocycles. The van der Waals surface area contributed by atoms with Crippen LogP contribution in [-0.4, -0.2) is 16.9 Å². The van der Waals surface area contributed by atoms with E-state index in [4.69, 9.17) is 16.1 Å². The molecular formula is C11H8N2O3. The number of hydrogen-bond acceptors (Lipinski definition) is 4. The summed E-state index contributed by atoms with van der Waals surface area (Å²) in [5, 5.41) is 17.3. The maximum absolute atomic E-state index is 11.7. The lowest BCUT2D eigenvalue weighted by molar-refractivity contribution is -0.132. The Morgan fingerprint density at radius 2 is 1.81 bits per heavy atom. The summed E-state index contributed by atoms with van der Waals surface area (Å²) >= 11 is 0. The van der Waals surface area contributed by atoms with Crippen LogP contribution in [0.3, 0.4) is 0 Å². The summed E-state index contributed by atoms with van der Waals surface area (Å²) in [6.45, 7) is 0. The van der Waals surface area contributed by atoms with Crippen LogP contribution in [0, 0.1) is 11.3 Å². The first-order valence-electron chi connectivity index (χ1n) is 4.30. The van der Waals surface area contributed by atoms with Gasteiger partial charge in [-0.2, -0.15) is 5.26 Å². The number of rotatable bonds is 3. The molecule has 0 spiro atoms. The Morgan fingerprint density at radius 3 is 2.25 bits per heavy atom. The average molecular weight is 216 g/mol. The molecule has 0 unspecified atom stereocenters. The van der Waals surface area contributed by atoms with E-state index in [-0.39, 0.29) is 5.56 Å². The number of hydrogen-bond donors (Lipinski definition) is 2. The van der Waals surface area contributed by atoms with Crippen molar-refractivity contribution in [3.8, 4) is 6.07 Å². The number of carbonyl (C=O) groups excluding carboxylic acids is 1. The number of allylic oxidation sites excluding steroid dienone is 1. The Balaban J connectivity index is 3.24. The van der Waals surface area contributed by atoms with Crippen LogP contribution in [0.5, 0.6) is 0 Å². The van der Waals surface area contributed by atoms with E-state index in [0.29, 0.717) is 0 Å². The summed E-state index contributed by atoms with van der Waals surface area (Å²) in [5.41, 5.74) is 4.06. The highest BCUT2D eigenvalue weighted by Gasteiger charge is 2.22. The Bertz CT molecular complexity index is 498. The van der Waals surface area contributed by atoms with Crippen molar-refractivity contribution in [2.45, 2.75) is 0 Å². The molecule has 0 fully saturated rings. The largest absolute Gasteiger partial charge is 0.477 e. The number of carboxylic acids is 1. The summed E-state index contributed by atoms with van der Waals surface area (Å²) in [7, 11) is 0. The van der Waals surface area contributed by atoms with E-state index in [1.165, 1.54) is 18.2 Å². The minimum atomic E-state index is -1.51. The minimum Gasteiger partial charge on any atom is -0.477 e. The van der Waals surface area contributed by atoms with E-state index in [9.17, 15) is 9.59 Å². The number of nitrogens with zero attached hydrogens (tertiary/aromatic N) is 1. The molecule has 5 heteroatoms. The molecule has 0 saturated heterocycles. The van der Waals surface area contributed by atoms with Crippen molar-refractivity contribution in [3.05, 3.63) is 47.2 Å². The van der Waals surface area contributed by atoms with E-state index < -0.39 is 23.0 Å². The van der Waals surface area contributed by atoms with Crippen molar-refractivity contribution in [1.82, 2.24) is 0 Å². The first kappa shape index (κ1) is 11.5. The molecule has 0 bridgehead atoms. The Kier molecular flexibility index (Phi) is 3.41. The first-order valence-corrected chi connectivity index (χ1v) is 4.30. The van der Waals surface area contributed by atoms with Crippen LogP contribution in [0.15, 0.2) is 41.6 Å². The maximum atomic E-state index is 11.7. The first-order chi connectivity index (χ1) is 7.57. The molecule has 0 saturated carbocycles. The van der Waals surface area contributed by atoms with Crippen molar-refractivity contribution < 1.29 is 14.7 Å². The van der Waals surface area contributed by atoms with Gasteiger partial charge in [0.2, 0.25) is 5.78 Å². The van der Waals surface area contributed by atoms with Gasteiger partial charge in [0.25, 0.3) is 0 Å². The highest BCUT2D eigenvalue weighted by Crippen LogP contribution is 2.10. The molecule has 80 valence electrons. The molecule has 0 aromatic heterocycles. The standard InChI is InChI=1S/C11H8N2O3/c12-6-8(13)9(11(15)16)10(14)7-4-2-1-3-5-7/h1-5H,13H2,(H,15,16). The maximum Gasteiger partial charge on any atom is 0.342 e. The van der Waals surface area contributed by atoms with Crippen LogP contribution in [0.25, 0.3) is 0 Å². The Labute approximate surface area is 91.4 Å². The van der Waals surface area contributed by atoms with Gasteiger partial charge in [0.05, 0.1) is 0 Å². The normalized spacial score (nSPS) is 11.2. The van der Waals surface area contributed by atoms with Gasteiger partial charge < -0.3 is 10.8 Å². The van der Waals surface area contributed by atoms with Crippen molar-refractivity contribution in [1.29, 1.82) is 5.26 Å². The molecule has 0 aliphatic carbocycles. The number of carboxylic acid groups (broad SMARTS) is 1. The van der Waals surface area contributed by atoms with Gasteiger partial charge in [0.15, 0.2) is 0 Å². The van der Waals surface area contributed by atoms with Gasteiger partial charge in [-0.1, -0.05) is 30.3 Å². The second-order valence-electron chi connectivity index (χ2n) is 2.90. The second-order valence-corrected chi connectivity index (χ2v) is 2.90. The van der Waals surface area contributed by atoms with Crippen LogP contribution >= 0.6 is 0 Å². The van der Waals surface area contributed by atoms with E-state index in [1.807, 2.05) is 0 Å². The summed E-state index contributed by atoms with van der Waals surface area (Å²) in [6.07, 6.45) is 0. The average Bonchev–Trinajstić information content (AvgIpc) is 2.29. The fraction of sp³-hybridized carbons (Fsp3) is 0. The molecule has 5 nitrogen and oxygen atoms in total. The summed E-state index contributed by atoms with van der Waals surface area (Å²) in [6, 6.07) is 9.24. The van der Waals surface area contributed by atoms with Gasteiger partial charge >= 0.3 is 5.97 Å². The predicted octanol–water partition coefficient (Wildman–Crippen LogP) is 0.690. The van der Waals surface area contributed by atoms with Crippen LogP contribution in [0.4, 0.5) is 0 Å². The summed E-state index contributed by atoms with van der Waals surface area (Å²) < 4.78 is 0. The molecule has 0 radical (unpaired) electrons. The number of nitrogens with two attached hydrogens (primary N) is 1. The summed E-state index contributed by atoms with van der Waals surface area (Å²) in [5.74, 6) is -2.28. The third kappa shape index (κ3) is 2.25. The molecule has 0 heterocycles. The molecular weight excluding hydrogens is 208 g/mol. The Hall–Kier alpha value is -2.61. The third-order valence-electron chi connectivity index (χ3n) is 1.87. The van der Waals surface area contributed by atoms with Crippen molar-refractivity contribution >= 4 is 11.8 Å². The monoisotopic (exact) mass is 216 g/mol. The van der Waals surface area contributed by atoms with Crippen LogP contribution in [0.1, 0.15) is 10.4 Å². The van der Waals surface area contributed by atoms with Crippen LogP contribution < -0.4 is 5.73 Å². The SMILES string of the molecule is N#CC(N)=C(C(=O)O)C(=O)c1ccccc1. The fourth-order valence-electron chi connectivity index (χ4n) is 1.12. The van der Waals surface area contributed by atoms with Crippen molar-refractivity contribution in [3.63, 3.8) is 0 Å². The number of benzene rings is 1. The van der Waals surface area contributed by atoms with E-state index in [2.05, 4.69) is 0 Å². The number of Topliss-reactive ketones (excluding diaryl/α,β-unsaturated/α-hetero) is 1. The topological polar surface area (TPSA) is 104 Å². The highest BCUT2D eigenvalue weighted by atomic mass is 16.4. The van der Waals surface area contributed by atoms with Crippen LogP contribution in [0.2, 0.25) is 0 Å². The number of nitriles is 1. The molecule has 0 amide bonds. The van der Waals surface area contributed by atoms with E-state index >= 15 is 0 Å². The molecule has 16 heavy (non-hydrogen) atoms. The predicted molar refractivity (Wildman–Crippen MR) is 55.2 cm³/mol. The van der Waals surface area contributed by atoms with Gasteiger partial charge in [0, 0.05) is 5.56 Å². The fourth-order valence-corrected chi connectivity index (χ4v) is 1.12. The number of carbonyl (C=O) groups is 2. The third-order valence-corrected chi connectivity index (χ3v) is 1.87. The molecule has 3 N–H and O–H groups in total. The second kappa shape index (κ2) is 4.75. The number of ketones is 1. The van der Waals surface area contributed by atoms with Gasteiger partial charge in [-0.15, -0.1) is 0 Å². The van der Waals surface area contributed by atoms with Gasteiger partial charge in [-0.05, 0) is 0 Å². The minimum absolute atomic E-state index is 0.179. The zero-order valence-corrected chi connectivity index (χ0v) is 8.18. The molecule has 0 atom stereocenters. The number of aliphatic carboxylic acids is 1. The molecule has 1 aromatic rings. The lowest BCUT2D eigenvalue weighted by Crippen LogP contribution is -2.18. The van der Waals surface area contributed by atoms with E-state index in [0.717, 1.165) is 0 Å². The molecule has 1 aromatic carbocycles. The molecule has 1 rings (SSSR count). The van der Waals surface area contributed by atoms with Crippen molar-refractivity contribution in [2.75, 3.05) is 0 Å². The zero-order chi connectivity index (χ0) is 12.1. The zero-order valence-electron chi connectivity index (χ0n) is 8.18. The van der Waals surface area contributed by atoms with Gasteiger partial charge in [-0.25, -0.2) is 4.79 Å². The lowest BCUT2D eigenvalue weighted by atomic mass is 10.0. The summed E-state index contributed by atoms with van der Waals surface area (Å²) in [4.78, 5) is 22.5. The lowest BCUT2D eigenvalue weighted by Gasteiger charge is -2.02. The smallest absolute Gasteiger partial charge is 0.342 e. The highest BCUT2D eigenvalue weighted by molar-refractivity contribution is 6.24. The van der Waals surface area contributed by atoms with Gasteiger partial charge in [0.1, 0.15) is 17.3 Å². The van der Waals surface area contributed by atoms with Crippen molar-refractivity contribution in [2.24, 2.45) is 5.73 Å².